The normalized spacial score (nSPS) is 10.7. The van der Waals surface area contributed by atoms with Crippen molar-refractivity contribution in [3.05, 3.63) is 61.2 Å². The second-order valence-corrected chi connectivity index (χ2v) is 5.67. The van der Waals surface area contributed by atoms with Crippen molar-refractivity contribution < 1.29 is 14.3 Å². The molecule has 21 heavy (non-hydrogen) atoms. The quantitative estimate of drug-likeness (QED) is 0.900. The number of aryl methyl sites for hydroxylation is 2. The van der Waals surface area contributed by atoms with Gasteiger partial charge in [0.05, 0.1) is 15.7 Å². The van der Waals surface area contributed by atoms with Crippen LogP contribution in [0.25, 0.3) is 5.69 Å². The van der Waals surface area contributed by atoms with Crippen LogP contribution in [0.5, 0.6) is 0 Å². The summed E-state index contributed by atoms with van der Waals surface area (Å²) in [7, 11) is 0. The van der Waals surface area contributed by atoms with E-state index < -0.39 is 11.8 Å². The average Bonchev–Trinajstić information content (AvgIpc) is 2.34. The monoisotopic (exact) mass is 353 g/mol. The lowest BCUT2D eigenvalue weighted by atomic mass is 10.1. The summed E-state index contributed by atoms with van der Waals surface area (Å²) in [5, 5.41) is 9.28. The summed E-state index contributed by atoms with van der Waals surface area (Å²) >= 11 is 3.08. The summed E-state index contributed by atoms with van der Waals surface area (Å²) in [6.07, 6.45) is 0. The Hall–Kier alpha value is -1.95. The number of carboxylic acid groups (broad SMARTS) is 1. The number of hydrogen-bond acceptors (Lipinski definition) is 2. The summed E-state index contributed by atoms with van der Waals surface area (Å²) in [6.45, 7) is 4.83. The third-order valence-corrected chi connectivity index (χ3v) is 3.95. The number of carbonyl (C=O) groups is 1. The highest BCUT2D eigenvalue weighted by Crippen LogP contribution is 2.24. The molecule has 0 bridgehead atoms. The van der Waals surface area contributed by atoms with Crippen molar-refractivity contribution in [2.24, 2.45) is 0 Å². The zero-order chi connectivity index (χ0) is 15.9. The largest absolute Gasteiger partial charge is 0.478 e. The Morgan fingerprint density at radius 1 is 1.19 bits per heavy atom. The summed E-state index contributed by atoms with van der Waals surface area (Å²) in [5.74, 6) is -1.63. The minimum atomic E-state index is -1.12. The number of halogens is 2. The number of aromatic carboxylic acids is 1. The van der Waals surface area contributed by atoms with Gasteiger partial charge in [-0.25, -0.2) is 9.18 Å². The molecule has 2 aromatic rings. The second-order valence-electron chi connectivity index (χ2n) is 4.82. The number of pyridine rings is 1. The van der Waals surface area contributed by atoms with Gasteiger partial charge in [-0.1, -0.05) is 0 Å². The van der Waals surface area contributed by atoms with E-state index in [1.54, 1.807) is 19.9 Å². The predicted molar refractivity (Wildman–Crippen MR) is 80.9 cm³/mol. The summed E-state index contributed by atoms with van der Waals surface area (Å²) in [6, 6.07) is 4.02. The Morgan fingerprint density at radius 3 is 2.38 bits per heavy atom. The Balaban J connectivity index is 2.88. The minimum absolute atomic E-state index is 0.0531. The van der Waals surface area contributed by atoms with E-state index in [1.807, 2.05) is 0 Å². The molecule has 110 valence electrons. The smallest absolute Gasteiger partial charge is 0.337 e. The molecule has 0 saturated heterocycles. The van der Waals surface area contributed by atoms with Crippen molar-refractivity contribution in [3.8, 4) is 5.69 Å². The molecule has 0 aliphatic heterocycles. The summed E-state index contributed by atoms with van der Waals surface area (Å²) in [5.41, 5.74) is 1.32. The zero-order valence-corrected chi connectivity index (χ0v) is 13.3. The van der Waals surface area contributed by atoms with Crippen LogP contribution in [0.3, 0.4) is 0 Å². The van der Waals surface area contributed by atoms with Gasteiger partial charge in [-0.15, -0.1) is 0 Å². The van der Waals surface area contributed by atoms with Gasteiger partial charge in [0.25, 0.3) is 5.56 Å². The van der Waals surface area contributed by atoms with Crippen molar-refractivity contribution in [2.45, 2.75) is 20.8 Å². The average molecular weight is 354 g/mol. The molecule has 0 unspecified atom stereocenters. The number of rotatable bonds is 2. The predicted octanol–water partition coefficient (Wildman–Crippen LogP) is 3.36. The highest BCUT2D eigenvalue weighted by Gasteiger charge is 2.18. The lowest BCUT2D eigenvalue weighted by Gasteiger charge is -2.16. The van der Waals surface area contributed by atoms with Crippen LogP contribution in [-0.4, -0.2) is 15.6 Å². The van der Waals surface area contributed by atoms with E-state index in [4.69, 9.17) is 0 Å². The molecule has 1 heterocycles. The number of benzene rings is 1. The molecule has 0 aliphatic rings. The van der Waals surface area contributed by atoms with Crippen LogP contribution >= 0.6 is 15.9 Å². The maximum Gasteiger partial charge on any atom is 0.337 e. The van der Waals surface area contributed by atoms with E-state index in [0.717, 1.165) is 0 Å². The number of aromatic nitrogens is 1. The Morgan fingerprint density at radius 2 is 1.81 bits per heavy atom. The van der Waals surface area contributed by atoms with Crippen LogP contribution in [0.2, 0.25) is 0 Å². The molecule has 1 N–H and O–H groups in total. The molecular weight excluding hydrogens is 341 g/mol. The van der Waals surface area contributed by atoms with Gasteiger partial charge in [0, 0.05) is 11.8 Å². The third kappa shape index (κ3) is 2.63. The first-order chi connectivity index (χ1) is 9.73. The molecule has 1 aromatic carbocycles. The molecule has 1 aromatic heterocycles. The number of carboxylic acids is 1. The number of hydrogen-bond donors (Lipinski definition) is 1. The van der Waals surface area contributed by atoms with Gasteiger partial charge in [0.2, 0.25) is 0 Å². The zero-order valence-electron chi connectivity index (χ0n) is 11.7. The highest BCUT2D eigenvalue weighted by molar-refractivity contribution is 9.10. The second kappa shape index (κ2) is 5.44. The molecule has 2 rings (SSSR count). The maximum absolute atomic E-state index is 13.8. The van der Waals surface area contributed by atoms with Crippen molar-refractivity contribution in [1.29, 1.82) is 0 Å². The highest BCUT2D eigenvalue weighted by atomic mass is 79.9. The Labute approximate surface area is 129 Å². The van der Waals surface area contributed by atoms with E-state index in [2.05, 4.69) is 15.9 Å². The lowest BCUT2D eigenvalue weighted by Crippen LogP contribution is -2.24. The van der Waals surface area contributed by atoms with Crippen LogP contribution in [0.15, 0.2) is 27.5 Å². The Bertz CT molecular complexity index is 812. The molecular formula is C15H13BrFNO3. The van der Waals surface area contributed by atoms with Crippen LogP contribution in [0, 0.1) is 26.6 Å². The Kier molecular flexibility index (Phi) is 4.00. The topological polar surface area (TPSA) is 59.3 Å². The summed E-state index contributed by atoms with van der Waals surface area (Å²) < 4.78 is 15.3. The fourth-order valence-corrected chi connectivity index (χ4v) is 2.84. The van der Waals surface area contributed by atoms with Gasteiger partial charge in [-0.3, -0.25) is 9.36 Å². The van der Waals surface area contributed by atoms with Gasteiger partial charge >= 0.3 is 5.97 Å². The van der Waals surface area contributed by atoms with Crippen LogP contribution in [0.4, 0.5) is 4.39 Å². The fourth-order valence-electron chi connectivity index (χ4n) is 2.38. The van der Waals surface area contributed by atoms with E-state index >= 15 is 0 Å². The number of nitrogens with zero attached hydrogens (tertiary/aromatic N) is 1. The first kappa shape index (κ1) is 15.4. The van der Waals surface area contributed by atoms with Gasteiger partial charge in [0.15, 0.2) is 0 Å². The van der Waals surface area contributed by atoms with Gasteiger partial charge in [-0.2, -0.15) is 0 Å². The van der Waals surface area contributed by atoms with Gasteiger partial charge in [0.1, 0.15) is 5.82 Å². The molecule has 6 heteroatoms. The van der Waals surface area contributed by atoms with Crippen molar-refractivity contribution >= 4 is 21.9 Å². The van der Waals surface area contributed by atoms with E-state index in [9.17, 15) is 19.1 Å². The minimum Gasteiger partial charge on any atom is -0.478 e. The standard InChI is InChI=1S/C15H13BrFNO3/c1-7-4-10(16)11(17)6-12(7)18-9(3)14(15(20)21)8(2)5-13(18)19/h4-6H,1-3H3,(H,20,21). The molecule has 0 spiro atoms. The first-order valence-electron chi connectivity index (χ1n) is 6.16. The van der Waals surface area contributed by atoms with Gasteiger partial charge in [-0.05, 0) is 60.0 Å². The molecule has 4 nitrogen and oxygen atoms in total. The first-order valence-corrected chi connectivity index (χ1v) is 6.96. The van der Waals surface area contributed by atoms with Crippen LogP contribution in [0.1, 0.15) is 27.2 Å². The van der Waals surface area contributed by atoms with E-state index in [0.29, 0.717) is 21.3 Å². The SMILES string of the molecule is Cc1cc(Br)c(F)cc1-n1c(C)c(C(=O)O)c(C)cc1=O. The molecule has 0 fully saturated rings. The van der Waals surface area contributed by atoms with Crippen molar-refractivity contribution in [1.82, 2.24) is 4.57 Å². The van der Waals surface area contributed by atoms with Crippen LogP contribution < -0.4 is 5.56 Å². The van der Waals surface area contributed by atoms with Crippen molar-refractivity contribution in [3.63, 3.8) is 0 Å². The summed E-state index contributed by atoms with van der Waals surface area (Å²) in [4.78, 5) is 23.6. The van der Waals surface area contributed by atoms with Crippen LogP contribution in [-0.2, 0) is 0 Å². The molecule has 0 saturated carbocycles. The molecule has 0 atom stereocenters. The van der Waals surface area contributed by atoms with E-state index in [-0.39, 0.29) is 16.8 Å². The lowest BCUT2D eigenvalue weighted by molar-refractivity contribution is 0.0694. The van der Waals surface area contributed by atoms with E-state index in [1.165, 1.54) is 23.6 Å². The van der Waals surface area contributed by atoms with Gasteiger partial charge < -0.3 is 5.11 Å². The molecule has 0 aliphatic carbocycles. The fraction of sp³-hybridized carbons (Fsp3) is 0.200. The molecule has 0 amide bonds. The third-order valence-electron chi connectivity index (χ3n) is 3.35. The van der Waals surface area contributed by atoms with Crippen molar-refractivity contribution in [2.75, 3.05) is 0 Å². The molecule has 0 radical (unpaired) electrons. The maximum atomic E-state index is 13.8.